The summed E-state index contributed by atoms with van der Waals surface area (Å²) in [5.74, 6) is 1.69. The lowest BCUT2D eigenvalue weighted by Crippen LogP contribution is -2.36. The van der Waals surface area contributed by atoms with Gasteiger partial charge in [0.05, 0.1) is 12.6 Å². The molecule has 0 spiro atoms. The van der Waals surface area contributed by atoms with Gasteiger partial charge < -0.3 is 14.7 Å². The smallest absolute Gasteiger partial charge is 0.300 e. The van der Waals surface area contributed by atoms with Crippen molar-refractivity contribution in [1.82, 2.24) is 19.6 Å². The van der Waals surface area contributed by atoms with Gasteiger partial charge in [0.15, 0.2) is 0 Å². The second kappa shape index (κ2) is 11.2. The molecule has 0 aromatic heterocycles. The lowest BCUT2D eigenvalue weighted by Gasteiger charge is -2.32. The number of nitrogens with zero attached hydrogens (tertiary/aromatic N) is 6. The summed E-state index contributed by atoms with van der Waals surface area (Å²) in [6.45, 7) is 20.4. The first-order valence-corrected chi connectivity index (χ1v) is 11.3. The second-order valence-corrected chi connectivity index (χ2v) is 8.69. The summed E-state index contributed by atoms with van der Waals surface area (Å²) in [6.07, 6.45) is 10.5. The number of allylic oxidation sites excluding steroid dienone is 1. The van der Waals surface area contributed by atoms with Gasteiger partial charge in [-0.15, -0.1) is 0 Å². The van der Waals surface area contributed by atoms with Gasteiger partial charge in [-0.2, -0.15) is 0 Å². The Morgan fingerprint density at radius 3 is 2.38 bits per heavy atom. The van der Waals surface area contributed by atoms with Gasteiger partial charge in [-0.3, -0.25) is 4.90 Å². The maximum absolute atomic E-state index is 9.51. The van der Waals surface area contributed by atoms with Crippen LogP contribution in [-0.4, -0.2) is 85.0 Å². The Kier molecular flexibility index (Phi) is 8.40. The second-order valence-electron chi connectivity index (χ2n) is 8.69. The maximum atomic E-state index is 9.51. The molecule has 0 radical (unpaired) electrons. The largest absolute Gasteiger partial charge is 0.365 e. The molecule has 3 rings (SSSR count). The zero-order valence-electron chi connectivity index (χ0n) is 18.0. The zero-order chi connectivity index (χ0) is 20.5. The molecule has 6 heteroatoms. The third kappa shape index (κ3) is 6.23. The molecule has 0 N–H and O–H groups in total. The number of likely N-dealkylation sites (tertiary alicyclic amines) is 1. The van der Waals surface area contributed by atoms with Crippen LogP contribution in [-0.2, 0) is 0 Å². The molecule has 0 bridgehead atoms. The average molecular weight is 397 g/mol. The lowest BCUT2D eigenvalue weighted by molar-refractivity contribution is 0.175. The zero-order valence-corrected chi connectivity index (χ0v) is 18.0. The minimum absolute atomic E-state index is 0.259. The molecule has 0 aromatic rings. The van der Waals surface area contributed by atoms with Crippen LogP contribution >= 0.6 is 0 Å². The van der Waals surface area contributed by atoms with Gasteiger partial charge in [0.1, 0.15) is 5.82 Å². The highest BCUT2D eigenvalue weighted by atomic mass is 15.4. The van der Waals surface area contributed by atoms with Gasteiger partial charge >= 0.3 is 5.70 Å². The molecule has 29 heavy (non-hydrogen) atoms. The predicted molar refractivity (Wildman–Crippen MR) is 117 cm³/mol. The normalized spacial score (nSPS) is 25.1. The monoisotopic (exact) mass is 396 g/mol. The quantitative estimate of drug-likeness (QED) is 0.358. The van der Waals surface area contributed by atoms with Crippen LogP contribution in [0.4, 0.5) is 0 Å². The van der Waals surface area contributed by atoms with E-state index in [2.05, 4.69) is 49.6 Å². The van der Waals surface area contributed by atoms with Crippen molar-refractivity contribution in [2.75, 3.05) is 65.4 Å². The first-order valence-electron chi connectivity index (χ1n) is 11.3. The molecule has 1 atom stereocenters. The van der Waals surface area contributed by atoms with Crippen LogP contribution in [0.25, 0.3) is 4.85 Å². The molecule has 3 aliphatic heterocycles. The van der Waals surface area contributed by atoms with Gasteiger partial charge in [0.25, 0.3) is 0 Å². The molecular weight excluding hydrogens is 360 g/mol. The Morgan fingerprint density at radius 1 is 1.07 bits per heavy atom. The first kappa shape index (κ1) is 21.7. The molecule has 0 aliphatic carbocycles. The standard InChI is InChI=1S/C23H36N6/c1-21-9-6-12-27(20-21)14-8-16-29-18-17-28(23(29)22(19-24)25-2)15-7-13-26-10-4-3-5-11-26/h3-4,21H,5-18,20H2,1H3. The Hall–Kier alpha value is -2.02. The van der Waals surface area contributed by atoms with Crippen molar-refractivity contribution in [1.29, 1.82) is 5.26 Å². The third-order valence-corrected chi connectivity index (χ3v) is 6.36. The van der Waals surface area contributed by atoms with E-state index >= 15 is 0 Å². The summed E-state index contributed by atoms with van der Waals surface area (Å²) in [5, 5.41) is 9.51. The van der Waals surface area contributed by atoms with E-state index in [9.17, 15) is 5.26 Å². The first-order chi connectivity index (χ1) is 14.2. The fraction of sp³-hybridized carbons (Fsp3) is 0.739. The van der Waals surface area contributed by atoms with E-state index in [0.717, 1.165) is 83.4 Å². The van der Waals surface area contributed by atoms with Crippen LogP contribution in [0.5, 0.6) is 0 Å². The van der Waals surface area contributed by atoms with Crippen LogP contribution in [0.3, 0.4) is 0 Å². The summed E-state index contributed by atoms with van der Waals surface area (Å²) in [5.41, 5.74) is 0.259. The van der Waals surface area contributed by atoms with Crippen molar-refractivity contribution in [2.24, 2.45) is 5.92 Å². The third-order valence-electron chi connectivity index (χ3n) is 6.36. The van der Waals surface area contributed by atoms with Crippen LogP contribution in [0.15, 0.2) is 23.7 Å². The fourth-order valence-electron chi connectivity index (χ4n) is 4.87. The summed E-state index contributed by atoms with van der Waals surface area (Å²) in [7, 11) is 0. The highest BCUT2D eigenvalue weighted by Gasteiger charge is 2.28. The highest BCUT2D eigenvalue weighted by Crippen LogP contribution is 2.24. The van der Waals surface area contributed by atoms with Crippen LogP contribution < -0.4 is 0 Å². The summed E-state index contributed by atoms with van der Waals surface area (Å²) in [4.78, 5) is 13.2. The number of rotatable bonds is 8. The number of hydrogen-bond acceptors (Lipinski definition) is 5. The molecular formula is C23H36N6. The molecule has 3 aliphatic rings. The maximum Gasteiger partial charge on any atom is 0.300 e. The number of nitriles is 1. The van der Waals surface area contributed by atoms with Gasteiger partial charge in [0.2, 0.25) is 0 Å². The van der Waals surface area contributed by atoms with E-state index in [1.165, 1.54) is 25.9 Å². The molecule has 2 fully saturated rings. The average Bonchev–Trinajstić information content (AvgIpc) is 3.13. The predicted octanol–water partition coefficient (Wildman–Crippen LogP) is 2.99. The van der Waals surface area contributed by atoms with Crippen molar-refractivity contribution in [3.63, 3.8) is 0 Å². The molecule has 0 aromatic carbocycles. The van der Waals surface area contributed by atoms with Crippen molar-refractivity contribution in [3.8, 4) is 6.07 Å². The minimum Gasteiger partial charge on any atom is -0.365 e. The Morgan fingerprint density at radius 2 is 1.79 bits per heavy atom. The van der Waals surface area contributed by atoms with Crippen LogP contribution in [0, 0.1) is 23.8 Å². The minimum atomic E-state index is 0.259. The Labute approximate surface area is 176 Å². The van der Waals surface area contributed by atoms with E-state index in [1.54, 1.807) is 0 Å². The molecule has 0 amide bonds. The summed E-state index contributed by atoms with van der Waals surface area (Å²) < 4.78 is 0. The van der Waals surface area contributed by atoms with Crippen molar-refractivity contribution >= 4 is 0 Å². The van der Waals surface area contributed by atoms with Crippen LogP contribution in [0.1, 0.15) is 39.0 Å². The van der Waals surface area contributed by atoms with Gasteiger partial charge in [-0.1, -0.05) is 19.1 Å². The van der Waals surface area contributed by atoms with E-state index in [4.69, 9.17) is 6.57 Å². The summed E-state index contributed by atoms with van der Waals surface area (Å²) >= 11 is 0. The Bertz CT molecular complexity index is 654. The topological polar surface area (TPSA) is 41.1 Å². The highest BCUT2D eigenvalue weighted by molar-refractivity contribution is 5.33. The van der Waals surface area contributed by atoms with E-state index in [0.29, 0.717) is 0 Å². The summed E-state index contributed by atoms with van der Waals surface area (Å²) in [6, 6.07) is 2.15. The molecule has 158 valence electrons. The number of piperidine rings is 1. The SMILES string of the molecule is [C-]#[N+]C(C#N)=C1N(CCCN2CC=CCC2)CCN1CCCN1CCCC(C)C1. The van der Waals surface area contributed by atoms with E-state index in [1.807, 2.05) is 0 Å². The van der Waals surface area contributed by atoms with Crippen LogP contribution in [0.2, 0.25) is 0 Å². The molecule has 6 nitrogen and oxygen atoms in total. The van der Waals surface area contributed by atoms with Crippen molar-refractivity contribution in [3.05, 3.63) is 35.1 Å². The molecule has 0 saturated carbocycles. The molecule has 3 heterocycles. The lowest BCUT2D eigenvalue weighted by atomic mass is 10.0. The number of hydrogen-bond donors (Lipinski definition) is 0. The van der Waals surface area contributed by atoms with Gasteiger partial charge in [0, 0.05) is 52.4 Å². The van der Waals surface area contributed by atoms with E-state index in [-0.39, 0.29) is 5.70 Å². The van der Waals surface area contributed by atoms with Crippen molar-refractivity contribution < 1.29 is 0 Å². The Balaban J connectivity index is 1.51. The molecule has 2 saturated heterocycles. The van der Waals surface area contributed by atoms with E-state index < -0.39 is 0 Å². The van der Waals surface area contributed by atoms with Crippen molar-refractivity contribution in [2.45, 2.75) is 39.0 Å². The molecule has 1 unspecified atom stereocenters. The van der Waals surface area contributed by atoms with Gasteiger partial charge in [-0.05, 0) is 51.1 Å². The van der Waals surface area contributed by atoms with Gasteiger partial charge in [-0.25, -0.2) is 10.1 Å². The fourth-order valence-corrected chi connectivity index (χ4v) is 4.87.